The fraction of sp³-hybridized carbons (Fsp3) is 0. The van der Waals surface area contributed by atoms with Crippen molar-refractivity contribution in [3.63, 3.8) is 0 Å². The van der Waals surface area contributed by atoms with Crippen LogP contribution in [0.4, 0.5) is 8.78 Å². The van der Waals surface area contributed by atoms with E-state index < -0.39 is 11.6 Å². The molecule has 19 heavy (non-hydrogen) atoms. The van der Waals surface area contributed by atoms with Crippen LogP contribution in [0.1, 0.15) is 5.56 Å². The van der Waals surface area contributed by atoms with Crippen molar-refractivity contribution in [3.8, 4) is 11.5 Å². The third kappa shape index (κ3) is 3.08. The van der Waals surface area contributed by atoms with E-state index in [4.69, 9.17) is 22.7 Å². The lowest BCUT2D eigenvalue weighted by Crippen LogP contribution is -2.11. The van der Waals surface area contributed by atoms with Gasteiger partial charge in [-0.15, -0.1) is 0 Å². The van der Waals surface area contributed by atoms with Crippen LogP contribution in [0.5, 0.6) is 11.5 Å². The van der Waals surface area contributed by atoms with E-state index >= 15 is 0 Å². The summed E-state index contributed by atoms with van der Waals surface area (Å²) < 4.78 is 32.4. The van der Waals surface area contributed by atoms with Crippen molar-refractivity contribution in [2.75, 3.05) is 0 Å². The summed E-state index contributed by atoms with van der Waals surface area (Å²) in [6.45, 7) is 0. The molecule has 0 fully saturated rings. The van der Waals surface area contributed by atoms with Crippen molar-refractivity contribution in [1.29, 1.82) is 0 Å². The normalized spacial score (nSPS) is 10.3. The average Bonchev–Trinajstić information content (AvgIpc) is 2.35. The molecule has 0 radical (unpaired) electrons. The van der Waals surface area contributed by atoms with Crippen LogP contribution >= 0.6 is 28.1 Å². The van der Waals surface area contributed by atoms with Gasteiger partial charge in [-0.2, -0.15) is 0 Å². The third-order valence-electron chi connectivity index (χ3n) is 2.34. The molecule has 0 aromatic heterocycles. The maximum atomic E-state index is 14.0. The van der Waals surface area contributed by atoms with Gasteiger partial charge in [-0.25, -0.2) is 8.78 Å². The second-order valence-electron chi connectivity index (χ2n) is 3.66. The zero-order valence-corrected chi connectivity index (χ0v) is 11.9. The zero-order chi connectivity index (χ0) is 14.0. The Morgan fingerprint density at radius 3 is 2.58 bits per heavy atom. The number of rotatable bonds is 3. The summed E-state index contributed by atoms with van der Waals surface area (Å²) in [6.07, 6.45) is 0. The van der Waals surface area contributed by atoms with Gasteiger partial charge in [0.25, 0.3) is 0 Å². The molecule has 2 aromatic carbocycles. The standard InChI is InChI=1S/C13H8BrF2NOS/c14-11-9(13(17)19)4-5-10(12(11)16)18-8-3-1-2-7(15)6-8/h1-6H,(H2,17,19). The molecule has 2 N–H and O–H groups in total. The zero-order valence-electron chi connectivity index (χ0n) is 9.49. The SMILES string of the molecule is NC(=S)c1ccc(Oc2cccc(F)c2)c(F)c1Br. The molecule has 2 nitrogen and oxygen atoms in total. The molecule has 6 heteroatoms. The van der Waals surface area contributed by atoms with Gasteiger partial charge in [0.15, 0.2) is 11.6 Å². The molecule has 2 aromatic rings. The Hall–Kier alpha value is -1.53. The van der Waals surface area contributed by atoms with Crippen molar-refractivity contribution in [1.82, 2.24) is 0 Å². The maximum absolute atomic E-state index is 14.0. The first kappa shape index (κ1) is 13.9. The van der Waals surface area contributed by atoms with Gasteiger partial charge < -0.3 is 10.5 Å². The molecule has 2 rings (SSSR count). The fourth-order valence-electron chi connectivity index (χ4n) is 1.46. The van der Waals surface area contributed by atoms with Gasteiger partial charge in [-0.1, -0.05) is 18.3 Å². The van der Waals surface area contributed by atoms with E-state index in [0.29, 0.717) is 5.56 Å². The van der Waals surface area contributed by atoms with E-state index in [-0.39, 0.29) is 21.0 Å². The molecule has 0 aliphatic rings. The molecule has 0 saturated carbocycles. The number of benzene rings is 2. The monoisotopic (exact) mass is 343 g/mol. The highest BCUT2D eigenvalue weighted by Gasteiger charge is 2.14. The molecular formula is C13H8BrF2NOS. The van der Waals surface area contributed by atoms with Crippen LogP contribution < -0.4 is 10.5 Å². The summed E-state index contributed by atoms with van der Waals surface area (Å²) in [5.74, 6) is -0.947. The summed E-state index contributed by atoms with van der Waals surface area (Å²) in [6, 6.07) is 8.35. The van der Waals surface area contributed by atoms with Gasteiger partial charge >= 0.3 is 0 Å². The van der Waals surface area contributed by atoms with Crippen LogP contribution in [0.25, 0.3) is 0 Å². The lowest BCUT2D eigenvalue weighted by Gasteiger charge is -2.10. The summed E-state index contributed by atoms with van der Waals surface area (Å²) in [7, 11) is 0. The van der Waals surface area contributed by atoms with Crippen LogP contribution in [0.3, 0.4) is 0 Å². The number of hydrogen-bond donors (Lipinski definition) is 1. The van der Waals surface area contributed by atoms with Gasteiger partial charge in [-0.05, 0) is 40.2 Å². The topological polar surface area (TPSA) is 35.2 Å². The van der Waals surface area contributed by atoms with Crippen LogP contribution in [0, 0.1) is 11.6 Å². The Morgan fingerprint density at radius 1 is 1.21 bits per heavy atom. The maximum Gasteiger partial charge on any atom is 0.180 e. The molecule has 98 valence electrons. The Morgan fingerprint density at radius 2 is 1.95 bits per heavy atom. The summed E-state index contributed by atoms with van der Waals surface area (Å²) >= 11 is 7.85. The Labute approximate surface area is 122 Å². The molecule has 0 bridgehead atoms. The van der Waals surface area contributed by atoms with E-state index in [1.54, 1.807) is 0 Å². The van der Waals surface area contributed by atoms with Gasteiger partial charge in [0.1, 0.15) is 16.6 Å². The predicted molar refractivity (Wildman–Crippen MR) is 76.5 cm³/mol. The van der Waals surface area contributed by atoms with Crippen LogP contribution in [-0.4, -0.2) is 4.99 Å². The second kappa shape index (κ2) is 5.63. The fourth-order valence-corrected chi connectivity index (χ4v) is 2.30. The minimum atomic E-state index is -0.644. The van der Waals surface area contributed by atoms with E-state index in [2.05, 4.69) is 15.9 Å². The molecule has 0 aliphatic carbocycles. The van der Waals surface area contributed by atoms with E-state index in [1.807, 2.05) is 0 Å². The molecule has 0 spiro atoms. The second-order valence-corrected chi connectivity index (χ2v) is 4.90. The first-order valence-electron chi connectivity index (χ1n) is 5.20. The Kier molecular flexibility index (Phi) is 4.11. The minimum absolute atomic E-state index is 0.0440. The van der Waals surface area contributed by atoms with Crippen molar-refractivity contribution < 1.29 is 13.5 Å². The molecular weight excluding hydrogens is 336 g/mol. The quantitative estimate of drug-likeness (QED) is 0.850. The third-order valence-corrected chi connectivity index (χ3v) is 3.33. The lowest BCUT2D eigenvalue weighted by molar-refractivity contribution is 0.437. The first-order valence-corrected chi connectivity index (χ1v) is 6.40. The highest BCUT2D eigenvalue weighted by molar-refractivity contribution is 9.10. The highest BCUT2D eigenvalue weighted by atomic mass is 79.9. The molecule has 0 heterocycles. The summed E-state index contributed by atoms with van der Waals surface area (Å²) in [5, 5.41) is 0. The number of ether oxygens (including phenoxy) is 1. The van der Waals surface area contributed by atoms with E-state index in [1.165, 1.54) is 30.3 Å². The Balaban J connectivity index is 2.37. The largest absolute Gasteiger partial charge is 0.454 e. The minimum Gasteiger partial charge on any atom is -0.454 e. The van der Waals surface area contributed by atoms with E-state index in [9.17, 15) is 8.78 Å². The van der Waals surface area contributed by atoms with Crippen LogP contribution in [0.15, 0.2) is 40.9 Å². The highest BCUT2D eigenvalue weighted by Crippen LogP contribution is 2.31. The number of nitrogens with two attached hydrogens (primary N) is 1. The van der Waals surface area contributed by atoms with Gasteiger partial charge in [0, 0.05) is 11.6 Å². The molecule has 0 aliphatic heterocycles. The van der Waals surface area contributed by atoms with Gasteiger partial charge in [-0.3, -0.25) is 0 Å². The number of thiocarbonyl (C=S) groups is 1. The first-order chi connectivity index (χ1) is 8.99. The van der Waals surface area contributed by atoms with Crippen molar-refractivity contribution in [3.05, 3.63) is 58.1 Å². The predicted octanol–water partition coefficient (Wildman–Crippen LogP) is 4.15. The smallest absolute Gasteiger partial charge is 0.180 e. The molecule has 0 atom stereocenters. The van der Waals surface area contributed by atoms with Crippen molar-refractivity contribution in [2.24, 2.45) is 5.73 Å². The Bertz CT molecular complexity index is 649. The number of hydrogen-bond acceptors (Lipinski definition) is 2. The van der Waals surface area contributed by atoms with Crippen LogP contribution in [-0.2, 0) is 0 Å². The molecule has 0 amide bonds. The van der Waals surface area contributed by atoms with E-state index in [0.717, 1.165) is 6.07 Å². The van der Waals surface area contributed by atoms with Gasteiger partial charge in [0.2, 0.25) is 0 Å². The van der Waals surface area contributed by atoms with Crippen molar-refractivity contribution in [2.45, 2.75) is 0 Å². The average molecular weight is 344 g/mol. The molecule has 0 saturated heterocycles. The summed E-state index contributed by atoms with van der Waals surface area (Å²) in [4.78, 5) is 0.0723. The molecule has 0 unspecified atom stereocenters. The lowest BCUT2D eigenvalue weighted by atomic mass is 10.2. The number of halogens is 3. The van der Waals surface area contributed by atoms with Gasteiger partial charge in [0.05, 0.1) is 4.47 Å². The van der Waals surface area contributed by atoms with Crippen molar-refractivity contribution >= 4 is 33.1 Å². The van der Waals surface area contributed by atoms with Crippen LogP contribution in [0.2, 0.25) is 0 Å². The summed E-state index contributed by atoms with van der Waals surface area (Å²) in [5.41, 5.74) is 5.82.